The summed E-state index contributed by atoms with van der Waals surface area (Å²) < 4.78 is 33.4. The Balaban J connectivity index is 1.33. The summed E-state index contributed by atoms with van der Waals surface area (Å²) in [5, 5.41) is 3.58. The fourth-order valence-corrected chi connectivity index (χ4v) is 5.98. The number of aromatic nitrogens is 1. The molecule has 1 atom stereocenters. The lowest BCUT2D eigenvalue weighted by Gasteiger charge is -2.34. The first-order valence-corrected chi connectivity index (χ1v) is 12.2. The summed E-state index contributed by atoms with van der Waals surface area (Å²) in [7, 11) is -3.93. The Hall–Kier alpha value is -3.08. The third kappa shape index (κ3) is 3.84. The lowest BCUT2D eigenvalue weighted by atomic mass is 10.2. The van der Waals surface area contributed by atoms with Crippen molar-refractivity contribution in [2.24, 2.45) is 0 Å². The highest BCUT2D eigenvalue weighted by Gasteiger charge is 2.34. The largest absolute Gasteiger partial charge is 0.479 e. The van der Waals surface area contributed by atoms with Crippen LogP contribution in [0.15, 0.2) is 47.4 Å². The normalized spacial score (nSPS) is 19.2. The lowest BCUT2D eigenvalue weighted by molar-refractivity contribution is -0.122. The number of hydrogen-bond acceptors (Lipinski definition) is 5. The molecule has 3 aromatic rings. The number of H-pyrrole nitrogens is 1. The monoisotopic (exact) mass is 488 g/mol. The molecule has 1 saturated heterocycles. The van der Waals surface area contributed by atoms with Crippen LogP contribution >= 0.6 is 11.6 Å². The molecule has 2 amide bonds. The number of aromatic amines is 1. The zero-order valence-corrected chi connectivity index (χ0v) is 19.2. The van der Waals surface area contributed by atoms with Crippen LogP contribution < -0.4 is 10.1 Å². The highest BCUT2D eigenvalue weighted by molar-refractivity contribution is 7.89. The number of sulfonamides is 1. The molecule has 0 aliphatic carbocycles. The highest BCUT2D eigenvalue weighted by atomic mass is 35.5. The van der Waals surface area contributed by atoms with Gasteiger partial charge in [0, 0.05) is 43.1 Å². The van der Waals surface area contributed by atoms with Crippen molar-refractivity contribution < 1.29 is 22.7 Å². The topological polar surface area (TPSA) is 112 Å². The van der Waals surface area contributed by atoms with E-state index in [0.717, 1.165) is 10.9 Å². The van der Waals surface area contributed by atoms with Crippen molar-refractivity contribution in [3.05, 3.63) is 53.2 Å². The van der Waals surface area contributed by atoms with Gasteiger partial charge in [-0.15, -0.1) is 0 Å². The van der Waals surface area contributed by atoms with E-state index < -0.39 is 16.1 Å². The number of nitrogens with zero attached hydrogens (tertiary/aromatic N) is 2. The van der Waals surface area contributed by atoms with Crippen LogP contribution in [0.25, 0.3) is 10.9 Å². The van der Waals surface area contributed by atoms with Crippen LogP contribution in [0.1, 0.15) is 17.4 Å². The quantitative estimate of drug-likeness (QED) is 0.588. The minimum absolute atomic E-state index is 0.0104. The Kier molecular flexibility index (Phi) is 5.31. The molecule has 1 unspecified atom stereocenters. The molecule has 0 saturated carbocycles. The number of carbonyl (C=O) groups is 2. The first-order valence-electron chi connectivity index (χ1n) is 10.4. The van der Waals surface area contributed by atoms with Crippen LogP contribution in [0.4, 0.5) is 5.69 Å². The zero-order chi connectivity index (χ0) is 23.3. The summed E-state index contributed by atoms with van der Waals surface area (Å²) in [6.07, 6.45) is -0.742. The van der Waals surface area contributed by atoms with E-state index in [9.17, 15) is 18.0 Å². The van der Waals surface area contributed by atoms with Gasteiger partial charge in [-0.05, 0) is 25.1 Å². The molecule has 2 aromatic carbocycles. The van der Waals surface area contributed by atoms with Gasteiger partial charge in [-0.2, -0.15) is 4.31 Å². The number of benzene rings is 2. The van der Waals surface area contributed by atoms with Crippen molar-refractivity contribution in [1.82, 2.24) is 14.2 Å². The highest BCUT2D eigenvalue weighted by Crippen LogP contribution is 2.38. The molecule has 9 nitrogen and oxygen atoms in total. The van der Waals surface area contributed by atoms with Crippen LogP contribution in [0.3, 0.4) is 0 Å². The number of rotatable bonds is 3. The fraction of sp³-hybridized carbons (Fsp3) is 0.273. The summed E-state index contributed by atoms with van der Waals surface area (Å²) in [5.41, 5.74) is 1.67. The molecule has 0 bridgehead atoms. The Morgan fingerprint density at radius 3 is 2.58 bits per heavy atom. The van der Waals surface area contributed by atoms with Gasteiger partial charge in [-0.3, -0.25) is 9.59 Å². The van der Waals surface area contributed by atoms with Crippen LogP contribution in [0.5, 0.6) is 5.75 Å². The van der Waals surface area contributed by atoms with Gasteiger partial charge >= 0.3 is 0 Å². The fourth-order valence-electron chi connectivity index (χ4n) is 4.04. The van der Waals surface area contributed by atoms with Crippen LogP contribution in [0, 0.1) is 0 Å². The standard InChI is InChI=1S/C22H21ClN4O5S/c1-13-21(28)25-17-11-15(23)20(12-19(17)32-13)33(30,31)27-8-6-26(7-9-27)22(29)18-10-14-4-2-3-5-16(14)24-18/h2-5,10-13,24H,6-9H2,1H3,(H,25,28). The number of anilines is 1. The van der Waals surface area contributed by atoms with E-state index in [2.05, 4.69) is 10.3 Å². The minimum atomic E-state index is -3.93. The van der Waals surface area contributed by atoms with E-state index >= 15 is 0 Å². The Labute approximate surface area is 195 Å². The van der Waals surface area contributed by atoms with Crippen molar-refractivity contribution in [2.75, 3.05) is 31.5 Å². The van der Waals surface area contributed by atoms with Crippen LogP contribution in [0.2, 0.25) is 5.02 Å². The average molecular weight is 489 g/mol. The second-order valence-electron chi connectivity index (χ2n) is 7.99. The van der Waals surface area contributed by atoms with Gasteiger partial charge in [0.1, 0.15) is 16.3 Å². The maximum atomic E-state index is 13.3. The third-order valence-corrected chi connectivity index (χ3v) is 8.23. The second kappa shape index (κ2) is 8.05. The summed E-state index contributed by atoms with van der Waals surface area (Å²) in [5.74, 6) is -0.254. The number of nitrogens with one attached hydrogen (secondary N) is 2. The summed E-state index contributed by atoms with van der Waals surface area (Å²) in [6.45, 7) is 2.34. The van der Waals surface area contributed by atoms with Crippen LogP contribution in [-0.2, 0) is 14.8 Å². The number of ether oxygens (including phenoxy) is 1. The number of fused-ring (bicyclic) bond motifs is 2. The van der Waals surface area contributed by atoms with Crippen molar-refractivity contribution >= 4 is 50.0 Å². The Bertz CT molecular complexity index is 1350. The van der Waals surface area contributed by atoms with Gasteiger partial charge in [0.25, 0.3) is 11.8 Å². The van der Waals surface area contributed by atoms with Crippen LogP contribution in [-0.4, -0.2) is 66.7 Å². The number of para-hydroxylation sites is 1. The number of hydrogen-bond donors (Lipinski definition) is 2. The van der Waals surface area contributed by atoms with Gasteiger partial charge in [-0.1, -0.05) is 29.8 Å². The molecule has 3 heterocycles. The smallest absolute Gasteiger partial charge is 0.270 e. The van der Waals surface area contributed by atoms with E-state index in [1.54, 1.807) is 17.9 Å². The van der Waals surface area contributed by atoms with Crippen molar-refractivity contribution in [2.45, 2.75) is 17.9 Å². The van der Waals surface area contributed by atoms with Gasteiger partial charge in [0.15, 0.2) is 6.10 Å². The first kappa shape index (κ1) is 21.7. The lowest BCUT2D eigenvalue weighted by Crippen LogP contribution is -2.50. The molecule has 2 aliphatic rings. The van der Waals surface area contributed by atoms with E-state index in [4.69, 9.17) is 16.3 Å². The van der Waals surface area contributed by atoms with E-state index in [0.29, 0.717) is 11.4 Å². The number of carbonyl (C=O) groups excluding carboxylic acids is 2. The first-order chi connectivity index (χ1) is 15.7. The molecule has 172 valence electrons. The van der Waals surface area contributed by atoms with Gasteiger partial charge in [0.05, 0.1) is 10.7 Å². The predicted octanol–water partition coefficient (Wildman–Crippen LogP) is 2.69. The van der Waals surface area contributed by atoms with E-state index in [-0.39, 0.29) is 53.7 Å². The molecule has 0 spiro atoms. The molecule has 1 aromatic heterocycles. The number of piperazine rings is 1. The third-order valence-electron chi connectivity index (χ3n) is 5.87. The molecular weight excluding hydrogens is 468 g/mol. The van der Waals surface area contributed by atoms with E-state index in [1.165, 1.54) is 16.4 Å². The molecule has 5 rings (SSSR count). The van der Waals surface area contributed by atoms with Crippen molar-refractivity contribution in [3.8, 4) is 5.75 Å². The van der Waals surface area contributed by atoms with Crippen molar-refractivity contribution in [1.29, 1.82) is 0 Å². The molecule has 0 radical (unpaired) electrons. The Morgan fingerprint density at radius 2 is 1.85 bits per heavy atom. The maximum Gasteiger partial charge on any atom is 0.270 e. The molecule has 1 fully saturated rings. The second-order valence-corrected chi connectivity index (χ2v) is 10.3. The minimum Gasteiger partial charge on any atom is -0.479 e. The SMILES string of the molecule is CC1Oc2cc(S(=O)(=O)N3CCN(C(=O)c4cc5ccccc5[nH]4)CC3)c(Cl)cc2NC1=O. The molecule has 2 aliphatic heterocycles. The van der Waals surface area contributed by atoms with Gasteiger partial charge in [-0.25, -0.2) is 8.42 Å². The molecule has 33 heavy (non-hydrogen) atoms. The molecule has 11 heteroatoms. The summed E-state index contributed by atoms with van der Waals surface area (Å²) in [6, 6.07) is 12.1. The zero-order valence-electron chi connectivity index (χ0n) is 17.7. The van der Waals surface area contributed by atoms with Crippen molar-refractivity contribution in [3.63, 3.8) is 0 Å². The Morgan fingerprint density at radius 1 is 1.12 bits per heavy atom. The predicted molar refractivity (Wildman–Crippen MR) is 123 cm³/mol. The number of amides is 2. The van der Waals surface area contributed by atoms with Gasteiger partial charge < -0.3 is 19.9 Å². The summed E-state index contributed by atoms with van der Waals surface area (Å²) in [4.78, 5) is 29.4. The van der Waals surface area contributed by atoms with E-state index in [1.807, 2.05) is 24.3 Å². The average Bonchev–Trinajstić information content (AvgIpc) is 3.24. The number of halogens is 1. The van der Waals surface area contributed by atoms with Gasteiger partial charge in [0.2, 0.25) is 10.0 Å². The maximum absolute atomic E-state index is 13.3. The molecular formula is C22H21ClN4O5S. The summed E-state index contributed by atoms with van der Waals surface area (Å²) >= 11 is 6.27. The molecule has 2 N–H and O–H groups in total.